The van der Waals surface area contributed by atoms with Crippen LogP contribution in [0.4, 0.5) is 4.39 Å². The summed E-state index contributed by atoms with van der Waals surface area (Å²) in [6.07, 6.45) is 0. The lowest BCUT2D eigenvalue weighted by Gasteiger charge is -2.13. The minimum Gasteiger partial charge on any atom is -0.493 e. The second kappa shape index (κ2) is 10.0. The highest BCUT2D eigenvalue weighted by Gasteiger charge is 2.14. The number of benzene rings is 2. The van der Waals surface area contributed by atoms with Crippen molar-refractivity contribution in [3.8, 4) is 17.2 Å². The molecule has 0 unspecified atom stereocenters. The first kappa shape index (κ1) is 21.5. The summed E-state index contributed by atoms with van der Waals surface area (Å²) in [6, 6.07) is 12.3. The zero-order chi connectivity index (χ0) is 21.5. The first-order valence-corrected chi connectivity index (χ1v) is 9.62. The lowest BCUT2D eigenvalue weighted by molar-refractivity contribution is 0.0919. The smallest absolute Gasteiger partial charge is 0.287 e. The maximum absolute atomic E-state index is 12.9. The molecule has 3 aromatic rings. The van der Waals surface area contributed by atoms with Crippen LogP contribution in [0.15, 0.2) is 52.9 Å². The van der Waals surface area contributed by atoms with Gasteiger partial charge in [-0.05, 0) is 61.0 Å². The maximum atomic E-state index is 12.9. The SMILES string of the molecule is CCOc1c(Cl)cc(CNC(=O)c2ccc(COc3ccc(F)cc3)o2)cc1OC. The van der Waals surface area contributed by atoms with Crippen molar-refractivity contribution in [2.24, 2.45) is 0 Å². The molecule has 0 aliphatic rings. The van der Waals surface area contributed by atoms with Crippen LogP contribution in [0.5, 0.6) is 17.2 Å². The number of hydrogen-bond acceptors (Lipinski definition) is 5. The van der Waals surface area contributed by atoms with Crippen LogP contribution in [0, 0.1) is 5.82 Å². The molecule has 0 saturated carbocycles. The van der Waals surface area contributed by atoms with Crippen LogP contribution in [0.1, 0.15) is 28.8 Å². The Morgan fingerprint density at radius 2 is 1.90 bits per heavy atom. The standard InChI is InChI=1S/C22H21ClFNO5/c1-3-28-21-18(23)10-14(11-20(21)27-2)12-25-22(26)19-9-8-17(30-19)13-29-16-6-4-15(24)5-7-16/h4-11H,3,12-13H2,1-2H3,(H,25,26). The molecule has 1 aromatic heterocycles. The van der Waals surface area contributed by atoms with Crippen molar-refractivity contribution < 1.29 is 27.8 Å². The molecule has 6 nitrogen and oxygen atoms in total. The summed E-state index contributed by atoms with van der Waals surface area (Å²) in [6.45, 7) is 2.65. The fraction of sp³-hybridized carbons (Fsp3) is 0.227. The van der Waals surface area contributed by atoms with E-state index in [9.17, 15) is 9.18 Å². The van der Waals surface area contributed by atoms with Gasteiger partial charge in [-0.2, -0.15) is 0 Å². The second-order valence-corrected chi connectivity index (χ2v) is 6.64. The largest absolute Gasteiger partial charge is 0.493 e. The number of amides is 1. The number of furan rings is 1. The molecule has 2 aromatic carbocycles. The topological polar surface area (TPSA) is 69.9 Å². The second-order valence-electron chi connectivity index (χ2n) is 6.23. The van der Waals surface area contributed by atoms with E-state index in [1.807, 2.05) is 6.92 Å². The highest BCUT2D eigenvalue weighted by atomic mass is 35.5. The van der Waals surface area contributed by atoms with Crippen molar-refractivity contribution >= 4 is 17.5 Å². The van der Waals surface area contributed by atoms with Crippen molar-refractivity contribution in [3.63, 3.8) is 0 Å². The molecule has 0 atom stereocenters. The minimum absolute atomic E-state index is 0.116. The molecule has 1 amide bonds. The monoisotopic (exact) mass is 433 g/mol. The van der Waals surface area contributed by atoms with Gasteiger partial charge < -0.3 is 23.9 Å². The van der Waals surface area contributed by atoms with E-state index in [1.54, 1.807) is 24.3 Å². The molecule has 1 N–H and O–H groups in total. The van der Waals surface area contributed by atoms with Gasteiger partial charge in [-0.25, -0.2) is 4.39 Å². The van der Waals surface area contributed by atoms with Crippen molar-refractivity contribution in [2.75, 3.05) is 13.7 Å². The van der Waals surface area contributed by atoms with Gasteiger partial charge in [-0.3, -0.25) is 4.79 Å². The Hall–Kier alpha value is -3.19. The Morgan fingerprint density at radius 1 is 1.13 bits per heavy atom. The highest BCUT2D eigenvalue weighted by molar-refractivity contribution is 6.32. The molecule has 0 aliphatic carbocycles. The highest BCUT2D eigenvalue weighted by Crippen LogP contribution is 2.36. The average Bonchev–Trinajstić information content (AvgIpc) is 3.22. The Morgan fingerprint density at radius 3 is 2.60 bits per heavy atom. The maximum Gasteiger partial charge on any atom is 0.287 e. The normalized spacial score (nSPS) is 10.5. The molecule has 0 saturated heterocycles. The average molecular weight is 434 g/mol. The first-order valence-electron chi connectivity index (χ1n) is 9.24. The van der Waals surface area contributed by atoms with Crippen LogP contribution in [-0.4, -0.2) is 19.6 Å². The number of rotatable bonds is 9. The van der Waals surface area contributed by atoms with Crippen LogP contribution in [0.25, 0.3) is 0 Å². The Balaban J connectivity index is 1.57. The Labute approximate surface area is 178 Å². The van der Waals surface area contributed by atoms with Gasteiger partial charge in [-0.1, -0.05) is 11.6 Å². The lowest BCUT2D eigenvalue weighted by Crippen LogP contribution is -2.22. The number of carbonyl (C=O) groups is 1. The van der Waals surface area contributed by atoms with Crippen molar-refractivity contribution in [1.82, 2.24) is 5.32 Å². The minimum atomic E-state index is -0.382. The molecule has 0 radical (unpaired) electrons. The van der Waals surface area contributed by atoms with E-state index < -0.39 is 0 Å². The zero-order valence-electron chi connectivity index (χ0n) is 16.5. The third kappa shape index (κ3) is 5.45. The summed E-state index contributed by atoms with van der Waals surface area (Å²) >= 11 is 6.25. The van der Waals surface area contributed by atoms with Crippen molar-refractivity contribution in [2.45, 2.75) is 20.1 Å². The van der Waals surface area contributed by atoms with Gasteiger partial charge in [-0.15, -0.1) is 0 Å². The van der Waals surface area contributed by atoms with Crippen LogP contribution in [0.2, 0.25) is 5.02 Å². The molecule has 8 heteroatoms. The molecular weight excluding hydrogens is 413 g/mol. The van der Waals surface area contributed by atoms with E-state index in [2.05, 4.69) is 5.32 Å². The summed E-state index contributed by atoms with van der Waals surface area (Å²) in [5.41, 5.74) is 0.750. The van der Waals surface area contributed by atoms with Gasteiger partial charge in [0, 0.05) is 6.54 Å². The molecule has 0 aliphatic heterocycles. The van der Waals surface area contributed by atoms with Gasteiger partial charge in [0.25, 0.3) is 5.91 Å². The number of nitrogens with one attached hydrogen (secondary N) is 1. The lowest BCUT2D eigenvalue weighted by atomic mass is 10.2. The molecular formula is C22H21ClFNO5. The molecule has 0 spiro atoms. The molecule has 0 bridgehead atoms. The summed E-state index contributed by atoms with van der Waals surface area (Å²) in [5, 5.41) is 3.17. The van der Waals surface area contributed by atoms with E-state index in [-0.39, 0.29) is 30.6 Å². The summed E-state index contributed by atoms with van der Waals surface area (Å²) in [7, 11) is 1.52. The van der Waals surface area contributed by atoms with Crippen LogP contribution in [-0.2, 0) is 13.2 Å². The van der Waals surface area contributed by atoms with E-state index in [0.29, 0.717) is 34.6 Å². The summed E-state index contributed by atoms with van der Waals surface area (Å²) < 4.78 is 34.7. The third-order valence-electron chi connectivity index (χ3n) is 4.11. The van der Waals surface area contributed by atoms with Crippen LogP contribution in [0.3, 0.4) is 0 Å². The van der Waals surface area contributed by atoms with E-state index >= 15 is 0 Å². The molecule has 30 heavy (non-hydrogen) atoms. The van der Waals surface area contributed by atoms with Crippen molar-refractivity contribution in [3.05, 3.63) is 76.5 Å². The molecule has 1 heterocycles. The van der Waals surface area contributed by atoms with Gasteiger partial charge in [0.2, 0.25) is 0 Å². The number of methoxy groups -OCH3 is 1. The summed E-state index contributed by atoms with van der Waals surface area (Å²) in [5.74, 6) is 1.35. The fourth-order valence-corrected chi connectivity index (χ4v) is 2.98. The molecule has 3 rings (SSSR count). The number of halogens is 2. The van der Waals surface area contributed by atoms with Crippen LogP contribution >= 0.6 is 11.6 Å². The fourth-order valence-electron chi connectivity index (χ4n) is 2.69. The van der Waals surface area contributed by atoms with Gasteiger partial charge >= 0.3 is 0 Å². The third-order valence-corrected chi connectivity index (χ3v) is 4.39. The van der Waals surface area contributed by atoms with Crippen molar-refractivity contribution in [1.29, 1.82) is 0 Å². The van der Waals surface area contributed by atoms with E-state index in [1.165, 1.54) is 31.4 Å². The number of carbonyl (C=O) groups excluding carboxylic acids is 1. The first-order chi connectivity index (χ1) is 14.5. The van der Waals surface area contributed by atoms with Gasteiger partial charge in [0.15, 0.2) is 17.3 Å². The van der Waals surface area contributed by atoms with Gasteiger partial charge in [0.1, 0.15) is 23.9 Å². The van der Waals surface area contributed by atoms with Crippen LogP contribution < -0.4 is 19.5 Å². The van der Waals surface area contributed by atoms with E-state index in [4.69, 9.17) is 30.2 Å². The zero-order valence-corrected chi connectivity index (χ0v) is 17.3. The molecule has 158 valence electrons. The number of hydrogen-bond donors (Lipinski definition) is 1. The Kier molecular flexibility index (Phi) is 7.19. The summed E-state index contributed by atoms with van der Waals surface area (Å²) in [4.78, 5) is 12.4. The van der Waals surface area contributed by atoms with E-state index in [0.717, 1.165) is 5.56 Å². The predicted molar refractivity (Wildman–Crippen MR) is 110 cm³/mol. The molecule has 0 fully saturated rings. The predicted octanol–water partition coefficient (Wildman–Crippen LogP) is 4.99. The quantitative estimate of drug-likeness (QED) is 0.515. The number of ether oxygens (including phenoxy) is 3. The Bertz CT molecular complexity index is 1000. The van der Waals surface area contributed by atoms with Gasteiger partial charge in [0.05, 0.1) is 18.7 Å².